The summed E-state index contributed by atoms with van der Waals surface area (Å²) in [5.41, 5.74) is 22.3. The fourth-order valence-corrected chi connectivity index (χ4v) is 13.5. The smallest absolute Gasteiger partial charge is 0.252 e. The van der Waals surface area contributed by atoms with Crippen LogP contribution < -0.4 is 31.1 Å². The van der Waals surface area contributed by atoms with E-state index in [4.69, 9.17) is 0 Å². The molecule has 2 saturated carbocycles. The molecule has 2 aliphatic carbocycles. The minimum absolute atomic E-state index is 0.0125. The zero-order chi connectivity index (χ0) is 39.3. The van der Waals surface area contributed by atoms with E-state index >= 15 is 0 Å². The summed E-state index contributed by atoms with van der Waals surface area (Å²) in [6, 6.07) is 47.3. The van der Waals surface area contributed by atoms with Gasteiger partial charge < -0.3 is 14.7 Å². The highest BCUT2D eigenvalue weighted by Crippen LogP contribution is 2.65. The van der Waals surface area contributed by atoms with Crippen LogP contribution in [-0.4, -0.2) is 17.8 Å². The summed E-state index contributed by atoms with van der Waals surface area (Å²) in [6.07, 6.45) is 9.90. The molecule has 0 spiro atoms. The molecule has 6 aliphatic rings. The van der Waals surface area contributed by atoms with E-state index in [9.17, 15) is 0 Å². The van der Waals surface area contributed by atoms with Crippen molar-refractivity contribution in [3.8, 4) is 11.1 Å². The lowest BCUT2D eigenvalue weighted by molar-refractivity contribution is 0.194. The Morgan fingerprint density at radius 1 is 0.483 bits per heavy atom. The largest absolute Gasteiger partial charge is 0.335 e. The fraction of sp³-hybridized carbons (Fsp3) is 0.333. The van der Waals surface area contributed by atoms with E-state index in [1.807, 2.05) is 0 Å². The first kappa shape index (κ1) is 34.8. The van der Waals surface area contributed by atoms with Gasteiger partial charge in [0.05, 0.1) is 16.8 Å². The molecule has 4 atom stereocenters. The van der Waals surface area contributed by atoms with Crippen LogP contribution >= 0.6 is 0 Å². The van der Waals surface area contributed by atoms with Crippen molar-refractivity contribution in [2.45, 2.75) is 115 Å². The Bertz CT molecular complexity index is 2660. The molecular formula is C54H54BN3. The standard InChI is InChI=1S/C54H54BN3/c1-35-17-14-21-39(29-35)56(40-22-15-18-36(2)30-40)41-33-46-48-47(34-41)58-50-43(52(4)26-11-13-28-54(52,58)6)31-38(37-19-8-7-9-20-37)32-45(50)55(48)44-24-16-23-42-49(44)57(46)53(5)27-12-10-25-51(42,53)3/h7-9,14-24,29-34H,10-13,25-28H2,1-6H3. The van der Waals surface area contributed by atoms with Crippen LogP contribution in [0.4, 0.5) is 39.8 Å². The minimum Gasteiger partial charge on any atom is -0.335 e. The molecule has 0 aromatic heterocycles. The number of anilines is 7. The maximum Gasteiger partial charge on any atom is 0.252 e. The van der Waals surface area contributed by atoms with Crippen LogP contribution in [0.3, 0.4) is 0 Å². The lowest BCUT2D eigenvalue weighted by Gasteiger charge is -2.55. The number of rotatable bonds is 4. The average Bonchev–Trinajstić information content (AvgIpc) is 3.57. The van der Waals surface area contributed by atoms with Crippen LogP contribution in [0.1, 0.15) is 101 Å². The van der Waals surface area contributed by atoms with Gasteiger partial charge in [-0.25, -0.2) is 0 Å². The Labute approximate surface area is 345 Å². The third kappa shape index (κ3) is 4.22. The van der Waals surface area contributed by atoms with E-state index in [1.165, 1.54) is 130 Å². The molecule has 0 amide bonds. The third-order valence-corrected chi connectivity index (χ3v) is 16.8. The van der Waals surface area contributed by atoms with E-state index < -0.39 is 0 Å². The Balaban J connectivity index is 1.23. The Kier molecular flexibility index (Phi) is 7.03. The normalized spacial score (nSPS) is 26.8. The van der Waals surface area contributed by atoms with Gasteiger partial charge in [-0.1, -0.05) is 118 Å². The Hall–Kier alpha value is -5.22. The zero-order valence-corrected chi connectivity index (χ0v) is 35.1. The van der Waals surface area contributed by atoms with Gasteiger partial charge in [0, 0.05) is 45.0 Å². The molecule has 0 saturated heterocycles. The van der Waals surface area contributed by atoms with Crippen molar-refractivity contribution in [2.75, 3.05) is 14.7 Å². The molecule has 3 nitrogen and oxygen atoms in total. The van der Waals surface area contributed by atoms with E-state index in [0.717, 1.165) is 0 Å². The average molecular weight is 756 g/mol. The molecular weight excluding hydrogens is 701 g/mol. The van der Waals surface area contributed by atoms with Crippen molar-refractivity contribution in [3.63, 3.8) is 0 Å². The summed E-state index contributed by atoms with van der Waals surface area (Å²) in [5, 5.41) is 0. The predicted octanol–water partition coefficient (Wildman–Crippen LogP) is 12.1. The van der Waals surface area contributed by atoms with Crippen LogP contribution in [0.15, 0.2) is 121 Å². The van der Waals surface area contributed by atoms with Crippen LogP contribution in [0, 0.1) is 13.8 Å². The topological polar surface area (TPSA) is 9.72 Å². The molecule has 58 heavy (non-hydrogen) atoms. The zero-order valence-electron chi connectivity index (χ0n) is 35.1. The molecule has 4 unspecified atom stereocenters. The number of fused-ring (bicyclic) bond motifs is 10. The molecule has 0 radical (unpaired) electrons. The van der Waals surface area contributed by atoms with Crippen molar-refractivity contribution >= 4 is 62.9 Å². The SMILES string of the molecule is Cc1cccc(N(c2cccc(C)c2)c2cc3c4c(c2)N2c5c(cc(-c6ccccc6)cc5C5(C)CCCCC25C)B4c2cccc4c2N3C2(C)CCCCC42C)c1. The van der Waals surface area contributed by atoms with Gasteiger partial charge in [-0.15, -0.1) is 0 Å². The van der Waals surface area contributed by atoms with Gasteiger partial charge in [0.25, 0.3) is 6.71 Å². The van der Waals surface area contributed by atoms with E-state index in [-0.39, 0.29) is 28.6 Å². The number of nitrogens with zero attached hydrogens (tertiary/aromatic N) is 3. The molecule has 0 N–H and O–H groups in total. The van der Waals surface area contributed by atoms with Gasteiger partial charge in [0.15, 0.2) is 0 Å². The quantitative estimate of drug-likeness (QED) is 0.166. The highest BCUT2D eigenvalue weighted by molar-refractivity contribution is 7.00. The van der Waals surface area contributed by atoms with Gasteiger partial charge in [-0.05, 0) is 146 Å². The van der Waals surface area contributed by atoms with Gasteiger partial charge in [-0.2, -0.15) is 0 Å². The lowest BCUT2D eigenvalue weighted by Crippen LogP contribution is -2.66. The summed E-state index contributed by atoms with van der Waals surface area (Å²) in [5.74, 6) is 0. The summed E-state index contributed by atoms with van der Waals surface area (Å²) in [6.45, 7) is 15.1. The molecule has 2 fully saturated rings. The van der Waals surface area contributed by atoms with Crippen molar-refractivity contribution in [1.82, 2.24) is 0 Å². The number of aryl methyl sites for hydroxylation is 2. The number of benzene rings is 6. The van der Waals surface area contributed by atoms with Crippen LogP contribution in [0.5, 0.6) is 0 Å². The second-order valence-electron chi connectivity index (χ2n) is 19.7. The van der Waals surface area contributed by atoms with E-state index in [2.05, 4.69) is 178 Å². The summed E-state index contributed by atoms with van der Waals surface area (Å²) in [7, 11) is 0. The van der Waals surface area contributed by atoms with Crippen LogP contribution in [0.25, 0.3) is 11.1 Å². The first-order valence-electron chi connectivity index (χ1n) is 22.1. The van der Waals surface area contributed by atoms with Gasteiger partial charge in [-0.3, -0.25) is 0 Å². The number of hydrogen-bond donors (Lipinski definition) is 0. The first-order chi connectivity index (χ1) is 28.1. The molecule has 12 rings (SSSR count). The monoisotopic (exact) mass is 755 g/mol. The van der Waals surface area contributed by atoms with Crippen LogP contribution in [0.2, 0.25) is 0 Å². The summed E-state index contributed by atoms with van der Waals surface area (Å²) >= 11 is 0. The molecule has 4 heterocycles. The highest BCUT2D eigenvalue weighted by atomic mass is 15.3. The van der Waals surface area contributed by atoms with E-state index in [1.54, 1.807) is 11.1 Å². The highest BCUT2D eigenvalue weighted by Gasteiger charge is 2.65. The first-order valence-corrected chi connectivity index (χ1v) is 22.1. The predicted molar refractivity (Wildman–Crippen MR) is 246 cm³/mol. The third-order valence-electron chi connectivity index (χ3n) is 16.8. The number of para-hydroxylation sites is 1. The second kappa shape index (κ2) is 11.7. The molecule has 288 valence electrons. The molecule has 4 heteroatoms. The fourth-order valence-electron chi connectivity index (χ4n) is 13.5. The second-order valence-corrected chi connectivity index (χ2v) is 19.7. The summed E-state index contributed by atoms with van der Waals surface area (Å²) in [4.78, 5) is 8.38. The van der Waals surface area contributed by atoms with Crippen molar-refractivity contribution in [3.05, 3.63) is 144 Å². The van der Waals surface area contributed by atoms with Gasteiger partial charge in [0.2, 0.25) is 0 Å². The Morgan fingerprint density at radius 2 is 1.03 bits per heavy atom. The van der Waals surface area contributed by atoms with Crippen molar-refractivity contribution in [1.29, 1.82) is 0 Å². The van der Waals surface area contributed by atoms with E-state index in [0.29, 0.717) is 0 Å². The summed E-state index contributed by atoms with van der Waals surface area (Å²) < 4.78 is 0. The molecule has 6 aromatic carbocycles. The minimum atomic E-state index is -0.0666. The van der Waals surface area contributed by atoms with Crippen molar-refractivity contribution in [2.24, 2.45) is 0 Å². The Morgan fingerprint density at radius 3 is 1.64 bits per heavy atom. The van der Waals surface area contributed by atoms with Gasteiger partial charge in [0.1, 0.15) is 0 Å². The maximum atomic E-state index is 2.92. The number of hydrogen-bond acceptors (Lipinski definition) is 3. The van der Waals surface area contributed by atoms with Gasteiger partial charge >= 0.3 is 0 Å². The molecule has 6 aromatic rings. The van der Waals surface area contributed by atoms with Crippen molar-refractivity contribution < 1.29 is 0 Å². The van der Waals surface area contributed by atoms with Crippen LogP contribution in [-0.2, 0) is 10.8 Å². The lowest BCUT2D eigenvalue weighted by atomic mass is 9.33. The molecule has 4 aliphatic heterocycles. The maximum absolute atomic E-state index is 2.92. The molecule has 0 bridgehead atoms.